The predicted octanol–water partition coefficient (Wildman–Crippen LogP) is 0.870. The second kappa shape index (κ2) is 10.6. The van der Waals surface area contributed by atoms with Crippen molar-refractivity contribution in [3.8, 4) is 11.1 Å². The smallest absolute Gasteiger partial charge is 0.251 e. The Morgan fingerprint density at radius 3 is 2.14 bits per heavy atom. The van der Waals surface area contributed by atoms with Crippen molar-refractivity contribution in [2.45, 2.75) is 35.5 Å². The van der Waals surface area contributed by atoms with Crippen LogP contribution in [-0.4, -0.2) is 66.8 Å². The number of carbonyl (C=O) groups is 1. The van der Waals surface area contributed by atoms with E-state index < -0.39 is 53.1 Å². The zero-order valence-corrected chi connectivity index (χ0v) is 19.4. The number of amides is 1. The molecule has 35 heavy (non-hydrogen) atoms. The predicted molar refractivity (Wildman–Crippen MR) is 128 cm³/mol. The van der Waals surface area contributed by atoms with Crippen molar-refractivity contribution in [2.75, 3.05) is 6.54 Å². The molecule has 3 aromatic carbocycles. The summed E-state index contributed by atoms with van der Waals surface area (Å²) in [6, 6.07) is 22.6. The summed E-state index contributed by atoms with van der Waals surface area (Å²) in [7, 11) is -3.89. The molecule has 1 aliphatic rings. The first-order chi connectivity index (χ1) is 16.8. The number of sulfonamides is 1. The van der Waals surface area contributed by atoms with Crippen LogP contribution in [0.4, 0.5) is 0 Å². The van der Waals surface area contributed by atoms with Gasteiger partial charge in [0.25, 0.3) is 5.91 Å². The first-order valence-corrected chi connectivity index (χ1v) is 12.5. The van der Waals surface area contributed by atoms with Gasteiger partial charge in [0.1, 0.15) is 24.4 Å². The standard InChI is InChI=1S/C25H26N2O7S/c28-22-20(15-26-35(32,33)19-12-5-2-6-13-19)34-25(31)21(23(22)29)27-24(30)18-11-7-10-17(14-18)16-8-3-1-4-9-16/h1-14,20-23,25-26,28-29,31H,15H2,(H,27,30)/t20-,21+,22-,23-,25+/m1/s1. The molecule has 5 N–H and O–H groups in total. The van der Waals surface area contributed by atoms with E-state index >= 15 is 0 Å². The van der Waals surface area contributed by atoms with Gasteiger partial charge in [0, 0.05) is 12.1 Å². The summed E-state index contributed by atoms with van der Waals surface area (Å²) in [4.78, 5) is 12.9. The van der Waals surface area contributed by atoms with Crippen LogP contribution < -0.4 is 10.0 Å². The quantitative estimate of drug-likeness (QED) is 0.325. The van der Waals surface area contributed by atoms with Crippen molar-refractivity contribution in [2.24, 2.45) is 0 Å². The van der Waals surface area contributed by atoms with Crippen LogP contribution in [0.15, 0.2) is 89.8 Å². The van der Waals surface area contributed by atoms with E-state index in [9.17, 15) is 28.5 Å². The number of carbonyl (C=O) groups excluding carboxylic acids is 1. The van der Waals surface area contributed by atoms with Crippen LogP contribution in [-0.2, 0) is 14.8 Å². The number of aliphatic hydroxyl groups is 3. The van der Waals surface area contributed by atoms with Crippen LogP contribution in [0, 0.1) is 0 Å². The topological polar surface area (TPSA) is 145 Å². The zero-order chi connectivity index (χ0) is 25.0. The van der Waals surface area contributed by atoms with Crippen LogP contribution in [0.3, 0.4) is 0 Å². The Labute approximate surface area is 203 Å². The number of aliphatic hydroxyl groups excluding tert-OH is 3. The highest BCUT2D eigenvalue weighted by molar-refractivity contribution is 7.89. The first kappa shape index (κ1) is 25.0. The minimum Gasteiger partial charge on any atom is -0.388 e. The van der Waals surface area contributed by atoms with Crippen LogP contribution in [0.25, 0.3) is 11.1 Å². The lowest BCUT2D eigenvalue weighted by molar-refractivity contribution is -0.243. The van der Waals surface area contributed by atoms with Gasteiger partial charge >= 0.3 is 0 Å². The minimum atomic E-state index is -3.89. The second-order valence-electron chi connectivity index (χ2n) is 8.16. The summed E-state index contributed by atoms with van der Waals surface area (Å²) >= 11 is 0. The van der Waals surface area contributed by atoms with Crippen molar-refractivity contribution in [3.63, 3.8) is 0 Å². The Kier molecular flexibility index (Phi) is 7.60. The van der Waals surface area contributed by atoms with E-state index in [0.717, 1.165) is 11.1 Å². The largest absolute Gasteiger partial charge is 0.388 e. The molecule has 10 heteroatoms. The fourth-order valence-electron chi connectivity index (χ4n) is 3.85. The van der Waals surface area contributed by atoms with Gasteiger partial charge in [-0.15, -0.1) is 0 Å². The summed E-state index contributed by atoms with van der Waals surface area (Å²) in [6.07, 6.45) is -6.10. The van der Waals surface area contributed by atoms with Crippen molar-refractivity contribution in [3.05, 3.63) is 90.5 Å². The Bertz CT molecular complexity index is 1260. The molecule has 1 heterocycles. The zero-order valence-electron chi connectivity index (χ0n) is 18.6. The third-order valence-corrected chi connectivity index (χ3v) is 7.22. The molecule has 0 bridgehead atoms. The molecule has 1 amide bonds. The van der Waals surface area contributed by atoms with E-state index in [0.29, 0.717) is 0 Å². The van der Waals surface area contributed by atoms with Crippen LogP contribution in [0.1, 0.15) is 10.4 Å². The molecule has 9 nitrogen and oxygen atoms in total. The lowest BCUT2D eigenvalue weighted by Crippen LogP contribution is -2.65. The molecule has 3 aromatic rings. The molecule has 0 aliphatic carbocycles. The molecule has 0 spiro atoms. The van der Waals surface area contributed by atoms with E-state index in [1.54, 1.807) is 36.4 Å². The van der Waals surface area contributed by atoms with Gasteiger partial charge in [0.2, 0.25) is 10.0 Å². The van der Waals surface area contributed by atoms with E-state index in [2.05, 4.69) is 10.0 Å². The number of nitrogens with one attached hydrogen (secondary N) is 2. The fourth-order valence-corrected chi connectivity index (χ4v) is 4.92. The molecule has 0 radical (unpaired) electrons. The van der Waals surface area contributed by atoms with Gasteiger partial charge in [-0.3, -0.25) is 4.79 Å². The summed E-state index contributed by atoms with van der Waals surface area (Å²) < 4.78 is 32.5. The molecular weight excluding hydrogens is 472 g/mol. The maximum Gasteiger partial charge on any atom is 0.251 e. The van der Waals surface area contributed by atoms with E-state index in [4.69, 9.17) is 4.74 Å². The van der Waals surface area contributed by atoms with Crippen LogP contribution in [0.5, 0.6) is 0 Å². The third-order valence-electron chi connectivity index (χ3n) is 5.78. The number of hydrogen-bond donors (Lipinski definition) is 5. The highest BCUT2D eigenvalue weighted by Crippen LogP contribution is 2.23. The van der Waals surface area contributed by atoms with Gasteiger partial charge in [0.05, 0.1) is 4.90 Å². The lowest BCUT2D eigenvalue weighted by Gasteiger charge is -2.41. The fraction of sp³-hybridized carbons (Fsp3) is 0.240. The molecule has 0 saturated carbocycles. The first-order valence-electron chi connectivity index (χ1n) is 11.0. The highest BCUT2D eigenvalue weighted by Gasteiger charge is 2.44. The van der Waals surface area contributed by atoms with E-state index in [1.165, 1.54) is 12.1 Å². The van der Waals surface area contributed by atoms with E-state index in [1.807, 2.05) is 36.4 Å². The van der Waals surface area contributed by atoms with Gasteiger partial charge in [0.15, 0.2) is 6.29 Å². The maximum atomic E-state index is 12.8. The van der Waals surface area contributed by atoms with Crippen molar-refractivity contribution < 1.29 is 33.3 Å². The average molecular weight is 499 g/mol. The van der Waals surface area contributed by atoms with Gasteiger partial charge in [-0.2, -0.15) is 0 Å². The SMILES string of the molecule is O=C(N[C@H]1[C@@H](O)[C@H](O)[C@@H](CNS(=O)(=O)c2ccccc2)O[C@@H]1O)c1cccc(-c2ccccc2)c1. The Balaban J connectivity index is 1.41. The normalized spacial score (nSPS) is 24.6. The highest BCUT2D eigenvalue weighted by atomic mass is 32.2. The van der Waals surface area contributed by atoms with E-state index in [-0.39, 0.29) is 10.5 Å². The summed E-state index contributed by atoms with van der Waals surface area (Å²) in [6.45, 7) is -0.397. The van der Waals surface area contributed by atoms with Gasteiger partial charge in [-0.25, -0.2) is 13.1 Å². The van der Waals surface area contributed by atoms with Crippen molar-refractivity contribution >= 4 is 15.9 Å². The average Bonchev–Trinajstić information content (AvgIpc) is 2.89. The summed E-state index contributed by atoms with van der Waals surface area (Å²) in [5.74, 6) is -0.579. The molecule has 4 rings (SSSR count). The molecule has 184 valence electrons. The van der Waals surface area contributed by atoms with Crippen molar-refractivity contribution in [1.82, 2.24) is 10.0 Å². The van der Waals surface area contributed by atoms with Gasteiger partial charge < -0.3 is 25.4 Å². The third kappa shape index (κ3) is 5.76. The Hall–Kier alpha value is -3.12. The molecule has 1 saturated heterocycles. The molecule has 0 aromatic heterocycles. The molecule has 1 aliphatic heterocycles. The number of hydrogen-bond acceptors (Lipinski definition) is 7. The van der Waals surface area contributed by atoms with Crippen molar-refractivity contribution in [1.29, 1.82) is 0 Å². The molecule has 1 fully saturated rings. The number of benzene rings is 3. The number of rotatable bonds is 7. The number of ether oxygens (including phenoxy) is 1. The summed E-state index contributed by atoms with van der Waals surface area (Å²) in [5.41, 5.74) is 2.02. The summed E-state index contributed by atoms with van der Waals surface area (Å²) in [5, 5.41) is 34.0. The second-order valence-corrected chi connectivity index (χ2v) is 9.92. The maximum absolute atomic E-state index is 12.8. The molecule has 5 atom stereocenters. The Morgan fingerprint density at radius 2 is 1.46 bits per heavy atom. The van der Waals surface area contributed by atoms with Crippen LogP contribution in [0.2, 0.25) is 0 Å². The monoisotopic (exact) mass is 498 g/mol. The van der Waals surface area contributed by atoms with Gasteiger partial charge in [-0.05, 0) is 35.4 Å². The van der Waals surface area contributed by atoms with Crippen LogP contribution >= 0.6 is 0 Å². The van der Waals surface area contributed by atoms with Gasteiger partial charge in [-0.1, -0.05) is 60.7 Å². The minimum absolute atomic E-state index is 0.0225. The lowest BCUT2D eigenvalue weighted by atomic mass is 9.96. The molecule has 0 unspecified atom stereocenters. The Morgan fingerprint density at radius 1 is 0.829 bits per heavy atom. The molecular formula is C25H26N2O7S.